The molecule has 0 heterocycles. The SMILES string of the molecule is CCCC1=C=C=CC1. The highest BCUT2D eigenvalue weighted by Gasteiger charge is 1.93. The van der Waals surface area contributed by atoms with Crippen LogP contribution in [0, 0.1) is 0 Å². The van der Waals surface area contributed by atoms with Crippen molar-refractivity contribution in [3.8, 4) is 0 Å². The molecule has 0 spiro atoms. The molecule has 0 fully saturated rings. The zero-order valence-electron chi connectivity index (χ0n) is 5.20. The first-order chi connectivity index (χ1) is 3.93. The molecular weight excluding hydrogens is 96.1 g/mol. The van der Waals surface area contributed by atoms with Crippen LogP contribution in [0.15, 0.2) is 23.1 Å². The van der Waals surface area contributed by atoms with Crippen LogP contribution in [0.3, 0.4) is 0 Å². The Morgan fingerprint density at radius 2 is 2.62 bits per heavy atom. The quantitative estimate of drug-likeness (QED) is 0.474. The van der Waals surface area contributed by atoms with E-state index in [0.29, 0.717) is 0 Å². The maximum absolute atomic E-state index is 3.07. The van der Waals surface area contributed by atoms with Crippen molar-refractivity contribution in [3.63, 3.8) is 0 Å². The molecular formula is C8H10. The third-order valence-electron chi connectivity index (χ3n) is 1.25. The molecule has 0 nitrogen and oxygen atoms in total. The molecule has 0 aromatic rings. The second kappa shape index (κ2) is 2.57. The lowest BCUT2D eigenvalue weighted by Gasteiger charge is -1.91. The molecule has 1 aliphatic carbocycles. The second-order valence-electron chi connectivity index (χ2n) is 2.03. The molecule has 0 saturated carbocycles. The highest BCUT2D eigenvalue weighted by molar-refractivity contribution is 5.12. The van der Waals surface area contributed by atoms with Crippen molar-refractivity contribution in [1.82, 2.24) is 0 Å². The minimum Gasteiger partial charge on any atom is -0.0743 e. The first-order valence-electron chi connectivity index (χ1n) is 3.11. The average molecular weight is 106 g/mol. The fraction of sp³-hybridized carbons (Fsp3) is 0.500. The Kier molecular flexibility index (Phi) is 1.75. The zero-order chi connectivity index (χ0) is 5.82. The van der Waals surface area contributed by atoms with E-state index in [1.165, 1.54) is 18.4 Å². The van der Waals surface area contributed by atoms with Gasteiger partial charge in [0.25, 0.3) is 0 Å². The molecule has 42 valence electrons. The van der Waals surface area contributed by atoms with Crippen LogP contribution in [0.1, 0.15) is 26.2 Å². The molecule has 0 heteroatoms. The first-order valence-corrected chi connectivity index (χ1v) is 3.11. The van der Waals surface area contributed by atoms with Crippen LogP contribution in [-0.2, 0) is 0 Å². The van der Waals surface area contributed by atoms with Gasteiger partial charge in [-0.15, -0.1) is 0 Å². The van der Waals surface area contributed by atoms with E-state index in [1.807, 2.05) is 6.08 Å². The number of allylic oxidation sites excluding steroid dienone is 2. The number of hydrogen-bond donors (Lipinski definition) is 0. The number of hydrogen-bond acceptors (Lipinski definition) is 0. The standard InChI is InChI=1S/C8H10/c1-2-5-8-6-3-4-7-8/h3H,2,5-6H2,1H3. The highest BCUT2D eigenvalue weighted by atomic mass is 14.0. The van der Waals surface area contributed by atoms with Gasteiger partial charge in [0.05, 0.1) is 0 Å². The average Bonchev–Trinajstić information content (AvgIpc) is 2.19. The van der Waals surface area contributed by atoms with Crippen molar-refractivity contribution in [2.75, 3.05) is 0 Å². The number of rotatable bonds is 2. The normalized spacial score (nSPS) is 14.9. The minimum atomic E-state index is 1.09. The summed E-state index contributed by atoms with van der Waals surface area (Å²) in [4.78, 5) is 0. The van der Waals surface area contributed by atoms with Crippen LogP contribution in [0.4, 0.5) is 0 Å². The molecule has 0 radical (unpaired) electrons. The summed E-state index contributed by atoms with van der Waals surface area (Å²) in [7, 11) is 0. The molecule has 0 unspecified atom stereocenters. The Balaban J connectivity index is 2.51. The van der Waals surface area contributed by atoms with Gasteiger partial charge in [-0.25, -0.2) is 0 Å². The molecule has 1 aliphatic rings. The van der Waals surface area contributed by atoms with Gasteiger partial charge in [0.2, 0.25) is 0 Å². The van der Waals surface area contributed by atoms with E-state index < -0.39 is 0 Å². The van der Waals surface area contributed by atoms with E-state index in [2.05, 4.69) is 18.4 Å². The Hall–Kier alpha value is -0.700. The lowest BCUT2D eigenvalue weighted by Crippen LogP contribution is -1.73. The fourth-order valence-electron chi connectivity index (χ4n) is 0.845. The van der Waals surface area contributed by atoms with Gasteiger partial charge in [-0.3, -0.25) is 0 Å². The van der Waals surface area contributed by atoms with Crippen LogP contribution in [0.25, 0.3) is 0 Å². The van der Waals surface area contributed by atoms with E-state index in [0.717, 1.165) is 6.42 Å². The van der Waals surface area contributed by atoms with Crippen LogP contribution in [0.5, 0.6) is 0 Å². The Morgan fingerprint density at radius 3 is 3.12 bits per heavy atom. The predicted molar refractivity (Wildman–Crippen MR) is 34.6 cm³/mol. The molecule has 0 aromatic heterocycles. The largest absolute Gasteiger partial charge is 0.0743 e. The van der Waals surface area contributed by atoms with Gasteiger partial charge in [-0.2, -0.15) is 0 Å². The van der Waals surface area contributed by atoms with Crippen molar-refractivity contribution in [3.05, 3.63) is 23.1 Å². The van der Waals surface area contributed by atoms with Gasteiger partial charge >= 0.3 is 0 Å². The lowest BCUT2D eigenvalue weighted by molar-refractivity contribution is 0.887. The van der Waals surface area contributed by atoms with Crippen molar-refractivity contribution in [2.45, 2.75) is 26.2 Å². The van der Waals surface area contributed by atoms with Crippen molar-refractivity contribution in [2.24, 2.45) is 0 Å². The van der Waals surface area contributed by atoms with Crippen molar-refractivity contribution < 1.29 is 0 Å². The van der Waals surface area contributed by atoms with Crippen LogP contribution >= 0.6 is 0 Å². The Labute approximate surface area is 50.2 Å². The van der Waals surface area contributed by atoms with Gasteiger partial charge in [-0.1, -0.05) is 24.8 Å². The summed E-state index contributed by atoms with van der Waals surface area (Å²) in [5.74, 6) is 0. The first kappa shape index (κ1) is 5.44. The molecule has 8 heavy (non-hydrogen) atoms. The van der Waals surface area contributed by atoms with E-state index in [1.54, 1.807) is 0 Å². The monoisotopic (exact) mass is 106 g/mol. The van der Waals surface area contributed by atoms with Gasteiger partial charge in [-0.05, 0) is 18.1 Å². The summed E-state index contributed by atoms with van der Waals surface area (Å²) >= 11 is 0. The smallest absolute Gasteiger partial charge is 0.00265 e. The van der Waals surface area contributed by atoms with Gasteiger partial charge < -0.3 is 0 Å². The second-order valence-corrected chi connectivity index (χ2v) is 2.03. The topological polar surface area (TPSA) is 0 Å². The van der Waals surface area contributed by atoms with Gasteiger partial charge in [0, 0.05) is 6.42 Å². The summed E-state index contributed by atoms with van der Waals surface area (Å²) in [5.41, 5.74) is 7.42. The van der Waals surface area contributed by atoms with Crippen molar-refractivity contribution >= 4 is 0 Å². The summed E-state index contributed by atoms with van der Waals surface area (Å²) < 4.78 is 0. The Morgan fingerprint density at radius 1 is 1.75 bits per heavy atom. The predicted octanol–water partition coefficient (Wildman–Crippen LogP) is 2.43. The molecule has 0 saturated heterocycles. The maximum Gasteiger partial charge on any atom is 0.00265 e. The third-order valence-corrected chi connectivity index (χ3v) is 1.25. The molecule has 1 rings (SSSR count). The van der Waals surface area contributed by atoms with Gasteiger partial charge in [0.1, 0.15) is 0 Å². The summed E-state index contributed by atoms with van der Waals surface area (Å²) in [6.07, 6.45) is 5.56. The van der Waals surface area contributed by atoms with Crippen molar-refractivity contribution in [1.29, 1.82) is 0 Å². The third kappa shape index (κ3) is 1.13. The van der Waals surface area contributed by atoms with Crippen LogP contribution in [-0.4, -0.2) is 0 Å². The van der Waals surface area contributed by atoms with Crippen LogP contribution in [0.2, 0.25) is 0 Å². The van der Waals surface area contributed by atoms with E-state index in [-0.39, 0.29) is 0 Å². The van der Waals surface area contributed by atoms with Crippen LogP contribution < -0.4 is 0 Å². The van der Waals surface area contributed by atoms with E-state index in [4.69, 9.17) is 0 Å². The zero-order valence-corrected chi connectivity index (χ0v) is 5.20. The van der Waals surface area contributed by atoms with E-state index >= 15 is 0 Å². The molecule has 0 aliphatic heterocycles. The summed E-state index contributed by atoms with van der Waals surface area (Å²) in [6, 6.07) is 0. The molecule has 0 bridgehead atoms. The summed E-state index contributed by atoms with van der Waals surface area (Å²) in [6.45, 7) is 2.19. The molecule has 0 aromatic carbocycles. The fourth-order valence-corrected chi connectivity index (χ4v) is 0.845. The molecule has 0 atom stereocenters. The maximum atomic E-state index is 3.07. The molecule has 0 amide bonds. The summed E-state index contributed by atoms with van der Waals surface area (Å²) in [5, 5.41) is 0. The highest BCUT2D eigenvalue weighted by Crippen LogP contribution is 2.10. The van der Waals surface area contributed by atoms with E-state index in [9.17, 15) is 0 Å². The Bertz CT molecular complexity index is 162. The minimum absolute atomic E-state index is 1.09. The molecule has 0 N–H and O–H groups in total. The van der Waals surface area contributed by atoms with Gasteiger partial charge in [0.15, 0.2) is 0 Å². The lowest BCUT2D eigenvalue weighted by atomic mass is 10.1.